The number of Topliss-reactive ketones (excluding diaryl/α,β-unsaturated/α-hetero) is 1. The van der Waals surface area contributed by atoms with Crippen molar-refractivity contribution in [1.82, 2.24) is 0 Å². The van der Waals surface area contributed by atoms with Gasteiger partial charge in [-0.3, -0.25) is 9.59 Å². The monoisotopic (exact) mass is 230 g/mol. The third-order valence-electron chi connectivity index (χ3n) is 2.12. The predicted octanol–water partition coefficient (Wildman–Crippen LogP) is 2.11. The van der Waals surface area contributed by atoms with E-state index < -0.39 is 0 Å². The number of carbonyl (C=O) groups is 2. The van der Waals surface area contributed by atoms with Gasteiger partial charge in [-0.15, -0.1) is 0 Å². The van der Waals surface area contributed by atoms with Gasteiger partial charge in [0.15, 0.2) is 0 Å². The van der Waals surface area contributed by atoms with Crippen LogP contribution in [0, 0.1) is 0 Å². The molecule has 0 aromatic heterocycles. The van der Waals surface area contributed by atoms with Crippen LogP contribution in [0.3, 0.4) is 0 Å². The Hall–Kier alpha value is -0.900. The Labute approximate surface area is 97.3 Å². The minimum absolute atomic E-state index is 0.177. The number of hydrogen-bond acceptors (Lipinski definition) is 4. The van der Waals surface area contributed by atoms with Gasteiger partial charge in [-0.1, -0.05) is 0 Å². The first-order valence-electron chi connectivity index (χ1n) is 5.95. The van der Waals surface area contributed by atoms with Crippen LogP contribution in [-0.4, -0.2) is 31.6 Å². The number of ether oxygens (including phenoxy) is 2. The standard InChI is InChI=1S/C12H22O4/c1-3-15-10-9-11(13)7-5-6-8-12(14)16-4-2/h3-10H2,1-2H3. The van der Waals surface area contributed by atoms with E-state index in [9.17, 15) is 9.59 Å². The number of rotatable bonds is 10. The van der Waals surface area contributed by atoms with Gasteiger partial charge in [-0.25, -0.2) is 0 Å². The maximum Gasteiger partial charge on any atom is 0.305 e. The van der Waals surface area contributed by atoms with Gasteiger partial charge < -0.3 is 9.47 Å². The van der Waals surface area contributed by atoms with E-state index in [4.69, 9.17) is 9.47 Å². The lowest BCUT2D eigenvalue weighted by Crippen LogP contribution is -2.06. The Balaban J connectivity index is 3.30. The molecule has 0 atom stereocenters. The van der Waals surface area contributed by atoms with Crippen molar-refractivity contribution in [2.75, 3.05) is 19.8 Å². The molecule has 0 spiro atoms. The van der Waals surface area contributed by atoms with E-state index >= 15 is 0 Å². The number of ketones is 1. The Bertz CT molecular complexity index is 201. The molecule has 0 aromatic carbocycles. The summed E-state index contributed by atoms with van der Waals surface area (Å²) in [6, 6.07) is 0. The van der Waals surface area contributed by atoms with Crippen molar-refractivity contribution in [3.63, 3.8) is 0 Å². The maximum absolute atomic E-state index is 11.3. The lowest BCUT2D eigenvalue weighted by molar-refractivity contribution is -0.143. The molecule has 0 N–H and O–H groups in total. The number of hydrogen-bond donors (Lipinski definition) is 0. The molecule has 0 unspecified atom stereocenters. The quantitative estimate of drug-likeness (QED) is 0.426. The summed E-state index contributed by atoms with van der Waals surface area (Å²) in [6.07, 6.45) is 2.90. The first-order chi connectivity index (χ1) is 7.70. The zero-order valence-electron chi connectivity index (χ0n) is 10.3. The molecule has 0 rings (SSSR count). The van der Waals surface area contributed by atoms with Crippen LogP contribution in [0.2, 0.25) is 0 Å². The molecule has 4 nitrogen and oxygen atoms in total. The minimum atomic E-state index is -0.177. The van der Waals surface area contributed by atoms with Crippen LogP contribution in [0.1, 0.15) is 46.0 Å². The molecule has 0 aliphatic rings. The summed E-state index contributed by atoms with van der Waals surface area (Å²) in [7, 11) is 0. The summed E-state index contributed by atoms with van der Waals surface area (Å²) >= 11 is 0. The van der Waals surface area contributed by atoms with E-state index in [1.54, 1.807) is 6.92 Å². The molecule has 4 heteroatoms. The highest BCUT2D eigenvalue weighted by molar-refractivity contribution is 5.78. The smallest absolute Gasteiger partial charge is 0.305 e. The molecule has 0 bridgehead atoms. The molecule has 0 aromatic rings. The molecule has 0 saturated heterocycles. The van der Waals surface area contributed by atoms with Gasteiger partial charge in [0.25, 0.3) is 0 Å². The van der Waals surface area contributed by atoms with Crippen LogP contribution in [0.4, 0.5) is 0 Å². The fourth-order valence-corrected chi connectivity index (χ4v) is 1.28. The van der Waals surface area contributed by atoms with Crippen molar-refractivity contribution >= 4 is 11.8 Å². The predicted molar refractivity (Wildman–Crippen MR) is 61.2 cm³/mol. The summed E-state index contributed by atoms with van der Waals surface area (Å²) in [5, 5.41) is 0. The van der Waals surface area contributed by atoms with E-state index in [0.717, 1.165) is 12.8 Å². The van der Waals surface area contributed by atoms with Crippen LogP contribution in [0.25, 0.3) is 0 Å². The highest BCUT2D eigenvalue weighted by atomic mass is 16.5. The summed E-state index contributed by atoms with van der Waals surface area (Å²) in [6.45, 7) is 5.27. The van der Waals surface area contributed by atoms with Gasteiger partial charge in [0.05, 0.1) is 13.2 Å². The maximum atomic E-state index is 11.3. The second-order valence-corrected chi connectivity index (χ2v) is 3.50. The van der Waals surface area contributed by atoms with E-state index in [1.165, 1.54) is 0 Å². The van der Waals surface area contributed by atoms with Gasteiger partial charge in [0, 0.05) is 25.9 Å². The van der Waals surface area contributed by atoms with Gasteiger partial charge >= 0.3 is 5.97 Å². The lowest BCUT2D eigenvalue weighted by Gasteiger charge is -2.02. The Morgan fingerprint density at radius 1 is 0.938 bits per heavy atom. The first kappa shape index (κ1) is 15.1. The molecule has 0 saturated carbocycles. The second-order valence-electron chi connectivity index (χ2n) is 3.50. The van der Waals surface area contributed by atoms with E-state index in [2.05, 4.69) is 0 Å². The summed E-state index contributed by atoms with van der Waals surface area (Å²) in [4.78, 5) is 22.3. The summed E-state index contributed by atoms with van der Waals surface area (Å²) in [5.41, 5.74) is 0. The number of carbonyl (C=O) groups excluding carboxylic acids is 2. The molecule has 0 radical (unpaired) electrons. The van der Waals surface area contributed by atoms with Crippen molar-refractivity contribution in [3.8, 4) is 0 Å². The van der Waals surface area contributed by atoms with Crippen LogP contribution in [0.5, 0.6) is 0 Å². The molecular formula is C12H22O4. The molecular weight excluding hydrogens is 208 g/mol. The topological polar surface area (TPSA) is 52.6 Å². The molecule has 0 aliphatic heterocycles. The zero-order chi connectivity index (χ0) is 12.2. The SMILES string of the molecule is CCOCCC(=O)CCCCC(=O)OCC. The normalized spacial score (nSPS) is 10.1. The lowest BCUT2D eigenvalue weighted by atomic mass is 10.1. The largest absolute Gasteiger partial charge is 0.466 e. The van der Waals surface area contributed by atoms with E-state index in [-0.39, 0.29) is 11.8 Å². The first-order valence-corrected chi connectivity index (χ1v) is 5.95. The fourth-order valence-electron chi connectivity index (χ4n) is 1.28. The highest BCUT2D eigenvalue weighted by Gasteiger charge is 2.04. The third-order valence-corrected chi connectivity index (χ3v) is 2.12. The molecule has 0 aliphatic carbocycles. The van der Waals surface area contributed by atoms with Crippen LogP contribution in [-0.2, 0) is 19.1 Å². The summed E-state index contributed by atoms with van der Waals surface area (Å²) in [5.74, 6) is 0.0292. The Morgan fingerprint density at radius 2 is 1.62 bits per heavy atom. The third kappa shape index (κ3) is 9.65. The molecule has 0 heterocycles. The zero-order valence-corrected chi connectivity index (χ0v) is 10.3. The van der Waals surface area contributed by atoms with Gasteiger partial charge in [0.1, 0.15) is 5.78 Å². The average Bonchev–Trinajstić information content (AvgIpc) is 2.25. The van der Waals surface area contributed by atoms with E-state index in [0.29, 0.717) is 39.1 Å². The van der Waals surface area contributed by atoms with Gasteiger partial charge in [0.2, 0.25) is 0 Å². The average molecular weight is 230 g/mol. The van der Waals surface area contributed by atoms with Gasteiger partial charge in [-0.05, 0) is 26.7 Å². The molecule has 16 heavy (non-hydrogen) atoms. The van der Waals surface area contributed by atoms with Crippen molar-refractivity contribution in [2.45, 2.75) is 46.0 Å². The molecule has 0 amide bonds. The van der Waals surface area contributed by atoms with Crippen LogP contribution in [0.15, 0.2) is 0 Å². The van der Waals surface area contributed by atoms with Crippen molar-refractivity contribution < 1.29 is 19.1 Å². The minimum Gasteiger partial charge on any atom is -0.466 e. The van der Waals surface area contributed by atoms with E-state index in [1.807, 2.05) is 6.92 Å². The number of esters is 1. The molecule has 0 fully saturated rings. The Morgan fingerprint density at radius 3 is 2.25 bits per heavy atom. The van der Waals surface area contributed by atoms with Gasteiger partial charge in [-0.2, -0.15) is 0 Å². The fraction of sp³-hybridized carbons (Fsp3) is 0.833. The van der Waals surface area contributed by atoms with Crippen molar-refractivity contribution in [3.05, 3.63) is 0 Å². The Kier molecular flexibility index (Phi) is 10.0. The molecule has 94 valence electrons. The summed E-state index contributed by atoms with van der Waals surface area (Å²) < 4.78 is 9.87. The van der Waals surface area contributed by atoms with Crippen molar-refractivity contribution in [1.29, 1.82) is 0 Å². The second kappa shape index (κ2) is 10.6. The van der Waals surface area contributed by atoms with Crippen molar-refractivity contribution in [2.24, 2.45) is 0 Å². The van der Waals surface area contributed by atoms with Crippen LogP contribution < -0.4 is 0 Å². The number of unbranched alkanes of at least 4 members (excludes halogenated alkanes) is 1. The highest BCUT2D eigenvalue weighted by Crippen LogP contribution is 2.03. The van der Waals surface area contributed by atoms with Crippen LogP contribution >= 0.6 is 0 Å².